The van der Waals surface area contributed by atoms with Crippen LogP contribution >= 0.6 is 0 Å². The van der Waals surface area contributed by atoms with Gasteiger partial charge in [0, 0.05) is 0 Å². The first-order valence-corrected chi connectivity index (χ1v) is 7.15. The molecule has 0 saturated carbocycles. The fraction of sp³-hybridized carbons (Fsp3) is 1.00. The zero-order valence-corrected chi connectivity index (χ0v) is 11.7. The third-order valence-electron chi connectivity index (χ3n) is 2.25. The van der Waals surface area contributed by atoms with E-state index in [0.717, 1.165) is 0 Å². The Morgan fingerprint density at radius 2 is 1.88 bits per heavy atom. The van der Waals surface area contributed by atoms with Crippen molar-refractivity contribution in [3.05, 3.63) is 0 Å². The van der Waals surface area contributed by atoms with Crippen LogP contribution in [0, 0.1) is 0 Å². The third-order valence-corrected chi connectivity index (χ3v) is 3.04. The van der Waals surface area contributed by atoms with Gasteiger partial charge in [-0.25, -0.2) is 8.42 Å². The number of hydrogen-bond acceptors (Lipinski definition) is 5. The lowest BCUT2D eigenvalue weighted by Gasteiger charge is -2.32. The van der Waals surface area contributed by atoms with Crippen LogP contribution in [0.25, 0.3) is 0 Å². The van der Waals surface area contributed by atoms with E-state index in [2.05, 4.69) is 0 Å². The Labute approximate surface area is 104 Å². The number of rotatable bonds is 8. The second-order valence-electron chi connectivity index (χ2n) is 5.14. The van der Waals surface area contributed by atoms with Crippen molar-refractivity contribution in [1.82, 2.24) is 0 Å². The van der Waals surface area contributed by atoms with Crippen LogP contribution in [0.3, 0.4) is 0 Å². The SMILES string of the molecule is CC(C)OCC[N+](C)(C)CC(O)CS(=O)(=O)[O-]. The predicted octanol–water partition coefficient (Wildman–Crippen LogP) is -0.606. The highest BCUT2D eigenvalue weighted by atomic mass is 32.2. The molecule has 1 unspecified atom stereocenters. The van der Waals surface area contributed by atoms with E-state index in [-0.39, 0.29) is 12.6 Å². The first-order chi connectivity index (χ1) is 7.52. The van der Waals surface area contributed by atoms with Crippen LogP contribution < -0.4 is 0 Å². The van der Waals surface area contributed by atoms with E-state index in [9.17, 15) is 18.1 Å². The molecule has 0 fully saturated rings. The summed E-state index contributed by atoms with van der Waals surface area (Å²) in [6.45, 7) is 5.25. The first kappa shape index (κ1) is 16.8. The van der Waals surface area contributed by atoms with Crippen molar-refractivity contribution in [2.75, 3.05) is 39.5 Å². The Bertz CT molecular complexity index is 313. The van der Waals surface area contributed by atoms with E-state index >= 15 is 0 Å². The minimum Gasteiger partial charge on any atom is -0.748 e. The number of aliphatic hydroxyl groups excluding tert-OH is 1. The molecule has 0 aromatic rings. The number of hydrogen-bond donors (Lipinski definition) is 1. The molecule has 0 aromatic heterocycles. The Hall–Kier alpha value is -0.210. The second kappa shape index (κ2) is 6.65. The molecule has 0 aliphatic rings. The summed E-state index contributed by atoms with van der Waals surface area (Å²) in [5.41, 5.74) is 0. The lowest BCUT2D eigenvalue weighted by molar-refractivity contribution is -0.893. The number of ether oxygens (including phenoxy) is 1. The van der Waals surface area contributed by atoms with Crippen LogP contribution in [0.4, 0.5) is 0 Å². The molecule has 104 valence electrons. The molecule has 17 heavy (non-hydrogen) atoms. The highest BCUT2D eigenvalue weighted by Crippen LogP contribution is 2.03. The van der Waals surface area contributed by atoms with Crippen LogP contribution in [-0.4, -0.2) is 74.3 Å². The monoisotopic (exact) mass is 269 g/mol. The van der Waals surface area contributed by atoms with Crippen molar-refractivity contribution in [1.29, 1.82) is 0 Å². The van der Waals surface area contributed by atoms with E-state index < -0.39 is 22.0 Å². The van der Waals surface area contributed by atoms with Crippen molar-refractivity contribution in [2.45, 2.75) is 26.1 Å². The molecule has 7 heteroatoms. The maximum Gasteiger partial charge on any atom is 0.116 e. The summed E-state index contributed by atoms with van der Waals surface area (Å²) in [5.74, 6) is -0.736. The van der Waals surface area contributed by atoms with Crippen LogP contribution in [0.15, 0.2) is 0 Å². The zero-order chi connectivity index (χ0) is 13.7. The topological polar surface area (TPSA) is 86.7 Å². The molecule has 0 spiro atoms. The van der Waals surface area contributed by atoms with Crippen LogP contribution in [0.1, 0.15) is 13.8 Å². The van der Waals surface area contributed by atoms with Gasteiger partial charge in [0.25, 0.3) is 0 Å². The first-order valence-electron chi connectivity index (χ1n) is 5.57. The smallest absolute Gasteiger partial charge is 0.116 e. The molecule has 0 heterocycles. The van der Waals surface area contributed by atoms with Crippen LogP contribution in [0.2, 0.25) is 0 Å². The summed E-state index contributed by atoms with van der Waals surface area (Å²) in [4.78, 5) is 0. The zero-order valence-electron chi connectivity index (χ0n) is 10.9. The van der Waals surface area contributed by atoms with E-state index in [1.54, 1.807) is 0 Å². The number of aliphatic hydroxyl groups is 1. The van der Waals surface area contributed by atoms with Crippen molar-refractivity contribution >= 4 is 10.1 Å². The summed E-state index contributed by atoms with van der Waals surface area (Å²) < 4.78 is 37.2. The Morgan fingerprint density at radius 1 is 1.35 bits per heavy atom. The molecule has 0 aromatic carbocycles. The average Bonchev–Trinajstić information content (AvgIpc) is 1.96. The van der Waals surface area contributed by atoms with Crippen molar-refractivity contribution in [3.8, 4) is 0 Å². The van der Waals surface area contributed by atoms with Gasteiger partial charge < -0.3 is 18.9 Å². The molecule has 0 saturated heterocycles. The Morgan fingerprint density at radius 3 is 2.29 bits per heavy atom. The standard InChI is InChI=1S/C10H23NO5S/c1-9(2)16-6-5-11(3,4)7-10(12)8-17(13,14)15/h9-10,12H,5-8H2,1-4H3. The quantitative estimate of drug-likeness (QED) is 0.469. The summed E-state index contributed by atoms with van der Waals surface area (Å²) >= 11 is 0. The van der Waals surface area contributed by atoms with Gasteiger partial charge in [0.1, 0.15) is 19.2 Å². The van der Waals surface area contributed by atoms with Gasteiger partial charge in [0.2, 0.25) is 0 Å². The molecule has 0 rings (SSSR count). The number of likely N-dealkylation sites (N-methyl/N-ethyl adjacent to an activating group) is 1. The maximum atomic E-state index is 10.5. The second-order valence-corrected chi connectivity index (χ2v) is 6.59. The number of nitrogens with zero attached hydrogens (tertiary/aromatic N) is 1. The van der Waals surface area contributed by atoms with E-state index in [0.29, 0.717) is 17.6 Å². The normalized spacial score (nSPS) is 15.2. The van der Waals surface area contributed by atoms with Gasteiger partial charge in [-0.05, 0) is 13.8 Å². The molecular weight excluding hydrogens is 246 g/mol. The lowest BCUT2D eigenvalue weighted by atomic mass is 10.3. The fourth-order valence-electron chi connectivity index (χ4n) is 1.49. The van der Waals surface area contributed by atoms with E-state index in [4.69, 9.17) is 4.74 Å². The maximum absolute atomic E-state index is 10.5. The van der Waals surface area contributed by atoms with Gasteiger partial charge in [-0.2, -0.15) is 0 Å². The van der Waals surface area contributed by atoms with Gasteiger partial charge in [-0.1, -0.05) is 0 Å². The van der Waals surface area contributed by atoms with Crippen molar-refractivity contribution in [2.24, 2.45) is 0 Å². The van der Waals surface area contributed by atoms with Crippen LogP contribution in [0.5, 0.6) is 0 Å². The molecule has 0 bridgehead atoms. The Kier molecular flexibility index (Phi) is 6.57. The lowest BCUT2D eigenvalue weighted by Crippen LogP contribution is -2.49. The van der Waals surface area contributed by atoms with Crippen LogP contribution in [-0.2, 0) is 14.9 Å². The Balaban J connectivity index is 4.07. The summed E-state index contributed by atoms with van der Waals surface area (Å²) in [6, 6.07) is 0. The minimum atomic E-state index is -4.37. The third kappa shape index (κ3) is 10.7. The molecule has 0 aliphatic carbocycles. The molecule has 1 N–H and O–H groups in total. The van der Waals surface area contributed by atoms with Crippen molar-refractivity contribution < 1.29 is 27.3 Å². The molecule has 0 aliphatic heterocycles. The molecule has 1 atom stereocenters. The summed E-state index contributed by atoms with van der Waals surface area (Å²) in [7, 11) is -0.668. The van der Waals surface area contributed by atoms with Crippen molar-refractivity contribution in [3.63, 3.8) is 0 Å². The highest BCUT2D eigenvalue weighted by Gasteiger charge is 2.22. The predicted molar refractivity (Wildman–Crippen MR) is 63.5 cm³/mol. The van der Waals surface area contributed by atoms with Gasteiger partial charge in [0.05, 0.1) is 42.7 Å². The molecule has 0 radical (unpaired) electrons. The molecule has 0 amide bonds. The van der Waals surface area contributed by atoms with Gasteiger partial charge in [-0.3, -0.25) is 0 Å². The highest BCUT2D eigenvalue weighted by molar-refractivity contribution is 7.85. The van der Waals surface area contributed by atoms with Gasteiger partial charge in [-0.15, -0.1) is 0 Å². The molecular formula is C10H23NO5S. The van der Waals surface area contributed by atoms with Gasteiger partial charge >= 0.3 is 0 Å². The number of quaternary nitrogens is 1. The largest absolute Gasteiger partial charge is 0.748 e. The van der Waals surface area contributed by atoms with E-state index in [1.807, 2.05) is 27.9 Å². The fourth-order valence-corrected chi connectivity index (χ4v) is 2.06. The van der Waals surface area contributed by atoms with E-state index in [1.165, 1.54) is 0 Å². The molecule has 6 nitrogen and oxygen atoms in total. The summed E-state index contributed by atoms with van der Waals surface area (Å²) in [6.07, 6.45) is -0.992. The summed E-state index contributed by atoms with van der Waals surface area (Å²) in [5, 5.41) is 9.49. The average molecular weight is 269 g/mol. The minimum absolute atomic E-state index is 0.141. The van der Waals surface area contributed by atoms with Gasteiger partial charge in [0.15, 0.2) is 0 Å².